The van der Waals surface area contributed by atoms with Crippen molar-refractivity contribution in [2.24, 2.45) is 5.73 Å². The Hall–Kier alpha value is -0.0800. The molecule has 0 aromatic rings. The van der Waals surface area contributed by atoms with Crippen molar-refractivity contribution >= 4 is 0 Å². The Morgan fingerprint density at radius 1 is 1.25 bits per heavy atom. The third kappa shape index (κ3) is 6.62. The Bertz CT molecular complexity index is 83.9. The molecule has 0 heterocycles. The molecule has 0 fully saturated rings. The van der Waals surface area contributed by atoms with E-state index in [1.54, 1.807) is 0 Å². The molecule has 0 aliphatic rings. The summed E-state index contributed by atoms with van der Waals surface area (Å²) in [6.07, 6.45) is 6.25. The van der Waals surface area contributed by atoms with Crippen molar-refractivity contribution in [2.45, 2.75) is 52.0 Å². The smallest absolute Gasteiger partial charge is 0.00764 e. The van der Waals surface area contributed by atoms with Crippen molar-refractivity contribution in [3.8, 4) is 0 Å². The summed E-state index contributed by atoms with van der Waals surface area (Å²) in [5, 5.41) is 3.53. The fourth-order valence-corrected chi connectivity index (χ4v) is 1.33. The number of rotatable bonds is 8. The molecule has 0 rings (SSSR count). The molecular formula is C10H24N2. The Kier molecular flexibility index (Phi) is 8.95. The Labute approximate surface area is 76.9 Å². The first kappa shape index (κ1) is 11.9. The highest BCUT2D eigenvalue weighted by atomic mass is 14.9. The van der Waals surface area contributed by atoms with Gasteiger partial charge in [-0.3, -0.25) is 0 Å². The molecular weight excluding hydrogens is 148 g/mol. The lowest BCUT2D eigenvalue weighted by Gasteiger charge is -2.15. The molecule has 0 aromatic heterocycles. The van der Waals surface area contributed by atoms with E-state index in [1.807, 2.05) is 0 Å². The first-order valence-corrected chi connectivity index (χ1v) is 5.28. The van der Waals surface area contributed by atoms with Crippen LogP contribution in [-0.4, -0.2) is 19.1 Å². The molecule has 2 nitrogen and oxygen atoms in total. The van der Waals surface area contributed by atoms with E-state index in [4.69, 9.17) is 5.73 Å². The summed E-state index contributed by atoms with van der Waals surface area (Å²) < 4.78 is 0. The van der Waals surface area contributed by atoms with Crippen LogP contribution < -0.4 is 11.1 Å². The largest absolute Gasteiger partial charge is 0.330 e. The normalized spacial score (nSPS) is 13.2. The topological polar surface area (TPSA) is 38.0 Å². The fraction of sp³-hybridized carbons (Fsp3) is 1.00. The standard InChI is InChI=1S/C10H24N2/c1-3-5-6-9-12-10(4-2)7-8-11/h10,12H,3-9,11H2,1-2H3. The number of nitrogens with two attached hydrogens (primary N) is 1. The van der Waals surface area contributed by atoms with E-state index in [0.29, 0.717) is 6.04 Å². The number of unbranched alkanes of at least 4 members (excludes halogenated alkanes) is 2. The Balaban J connectivity index is 3.19. The van der Waals surface area contributed by atoms with Crippen molar-refractivity contribution in [3.05, 3.63) is 0 Å². The van der Waals surface area contributed by atoms with E-state index in [2.05, 4.69) is 19.2 Å². The summed E-state index contributed by atoms with van der Waals surface area (Å²) in [6.45, 7) is 6.41. The summed E-state index contributed by atoms with van der Waals surface area (Å²) in [5.74, 6) is 0. The van der Waals surface area contributed by atoms with Gasteiger partial charge in [-0.25, -0.2) is 0 Å². The lowest BCUT2D eigenvalue weighted by molar-refractivity contribution is 0.463. The van der Waals surface area contributed by atoms with E-state index in [1.165, 1.54) is 25.7 Å². The van der Waals surface area contributed by atoms with E-state index >= 15 is 0 Å². The molecule has 1 atom stereocenters. The van der Waals surface area contributed by atoms with Crippen LogP contribution in [0.1, 0.15) is 46.0 Å². The maximum absolute atomic E-state index is 5.50. The SMILES string of the molecule is CCCCCNC(CC)CCN. The maximum Gasteiger partial charge on any atom is 0.00764 e. The van der Waals surface area contributed by atoms with Crippen LogP contribution in [0.15, 0.2) is 0 Å². The van der Waals surface area contributed by atoms with Gasteiger partial charge in [0, 0.05) is 6.04 Å². The lowest BCUT2D eigenvalue weighted by atomic mass is 10.1. The van der Waals surface area contributed by atoms with Gasteiger partial charge in [-0.05, 0) is 32.4 Å². The first-order valence-electron chi connectivity index (χ1n) is 5.28. The predicted octanol–water partition coefficient (Wildman–Crippen LogP) is 1.89. The predicted molar refractivity (Wildman–Crippen MR) is 55.3 cm³/mol. The van der Waals surface area contributed by atoms with E-state index in [9.17, 15) is 0 Å². The second-order valence-corrected chi connectivity index (χ2v) is 3.34. The summed E-state index contributed by atoms with van der Waals surface area (Å²) in [5.41, 5.74) is 5.50. The van der Waals surface area contributed by atoms with Gasteiger partial charge in [-0.15, -0.1) is 0 Å². The van der Waals surface area contributed by atoms with Gasteiger partial charge in [-0.2, -0.15) is 0 Å². The van der Waals surface area contributed by atoms with Gasteiger partial charge in [0.15, 0.2) is 0 Å². The van der Waals surface area contributed by atoms with Crippen LogP contribution in [0.3, 0.4) is 0 Å². The third-order valence-corrected chi connectivity index (χ3v) is 2.22. The van der Waals surface area contributed by atoms with Gasteiger partial charge in [0.25, 0.3) is 0 Å². The number of hydrogen-bond acceptors (Lipinski definition) is 2. The van der Waals surface area contributed by atoms with Crippen LogP contribution in [0.25, 0.3) is 0 Å². The average Bonchev–Trinajstić information content (AvgIpc) is 2.10. The van der Waals surface area contributed by atoms with Crippen molar-refractivity contribution in [1.82, 2.24) is 5.32 Å². The molecule has 3 N–H and O–H groups in total. The third-order valence-electron chi connectivity index (χ3n) is 2.22. The Morgan fingerprint density at radius 3 is 2.50 bits per heavy atom. The van der Waals surface area contributed by atoms with Crippen LogP contribution in [0.2, 0.25) is 0 Å². The van der Waals surface area contributed by atoms with Gasteiger partial charge in [0.2, 0.25) is 0 Å². The zero-order valence-electron chi connectivity index (χ0n) is 8.60. The molecule has 0 amide bonds. The van der Waals surface area contributed by atoms with E-state index < -0.39 is 0 Å². The van der Waals surface area contributed by atoms with Crippen LogP contribution in [-0.2, 0) is 0 Å². The zero-order chi connectivity index (χ0) is 9.23. The van der Waals surface area contributed by atoms with Gasteiger partial charge >= 0.3 is 0 Å². The summed E-state index contributed by atoms with van der Waals surface area (Å²) >= 11 is 0. The number of nitrogens with one attached hydrogen (secondary N) is 1. The van der Waals surface area contributed by atoms with Crippen LogP contribution in [0, 0.1) is 0 Å². The molecule has 2 heteroatoms. The molecule has 0 saturated carbocycles. The minimum Gasteiger partial charge on any atom is -0.330 e. The minimum atomic E-state index is 0.645. The average molecular weight is 172 g/mol. The Morgan fingerprint density at radius 2 is 2.00 bits per heavy atom. The molecule has 12 heavy (non-hydrogen) atoms. The molecule has 0 aliphatic heterocycles. The zero-order valence-corrected chi connectivity index (χ0v) is 8.60. The van der Waals surface area contributed by atoms with Gasteiger partial charge in [-0.1, -0.05) is 26.7 Å². The van der Waals surface area contributed by atoms with E-state index in [0.717, 1.165) is 19.5 Å². The quantitative estimate of drug-likeness (QED) is 0.549. The highest BCUT2D eigenvalue weighted by Crippen LogP contribution is 1.97. The van der Waals surface area contributed by atoms with Gasteiger partial charge in [0.05, 0.1) is 0 Å². The van der Waals surface area contributed by atoms with Crippen LogP contribution in [0.5, 0.6) is 0 Å². The monoisotopic (exact) mass is 172 g/mol. The fourth-order valence-electron chi connectivity index (χ4n) is 1.33. The molecule has 1 unspecified atom stereocenters. The van der Waals surface area contributed by atoms with Gasteiger partial charge < -0.3 is 11.1 Å². The first-order chi connectivity index (χ1) is 5.85. The molecule has 0 aromatic carbocycles. The highest BCUT2D eigenvalue weighted by Gasteiger charge is 2.01. The summed E-state index contributed by atoms with van der Waals surface area (Å²) in [7, 11) is 0. The summed E-state index contributed by atoms with van der Waals surface area (Å²) in [4.78, 5) is 0. The summed E-state index contributed by atoms with van der Waals surface area (Å²) in [6, 6.07) is 0.645. The molecule has 0 aliphatic carbocycles. The molecule has 0 bridgehead atoms. The molecule has 0 spiro atoms. The van der Waals surface area contributed by atoms with Gasteiger partial charge in [0.1, 0.15) is 0 Å². The van der Waals surface area contributed by atoms with Crippen molar-refractivity contribution in [1.29, 1.82) is 0 Å². The maximum atomic E-state index is 5.50. The van der Waals surface area contributed by atoms with Crippen molar-refractivity contribution in [3.63, 3.8) is 0 Å². The highest BCUT2D eigenvalue weighted by molar-refractivity contribution is 4.64. The van der Waals surface area contributed by atoms with Crippen molar-refractivity contribution < 1.29 is 0 Å². The molecule has 0 saturated heterocycles. The van der Waals surface area contributed by atoms with E-state index in [-0.39, 0.29) is 0 Å². The van der Waals surface area contributed by atoms with Crippen molar-refractivity contribution in [2.75, 3.05) is 13.1 Å². The second-order valence-electron chi connectivity index (χ2n) is 3.34. The van der Waals surface area contributed by atoms with Crippen LogP contribution in [0.4, 0.5) is 0 Å². The molecule has 0 radical (unpaired) electrons. The number of hydrogen-bond donors (Lipinski definition) is 2. The molecule has 74 valence electrons. The van der Waals surface area contributed by atoms with Crippen LogP contribution >= 0.6 is 0 Å². The lowest BCUT2D eigenvalue weighted by Crippen LogP contribution is -2.31. The second kappa shape index (κ2) is 9.01. The minimum absolute atomic E-state index is 0.645.